The molecular formula is C22H16F6N2O2. The van der Waals surface area contributed by atoms with E-state index in [0.717, 1.165) is 30.3 Å². The van der Waals surface area contributed by atoms with Gasteiger partial charge in [0.05, 0.1) is 11.1 Å². The molecule has 32 heavy (non-hydrogen) atoms. The van der Waals surface area contributed by atoms with Crippen LogP contribution in [-0.4, -0.2) is 47.8 Å². The zero-order valence-corrected chi connectivity index (χ0v) is 16.4. The quantitative estimate of drug-likeness (QED) is 0.482. The first kappa shape index (κ1) is 23.2. The van der Waals surface area contributed by atoms with E-state index in [2.05, 4.69) is 11.8 Å². The molecule has 2 aromatic rings. The lowest BCUT2D eigenvalue weighted by molar-refractivity contribution is -0.138. The van der Waals surface area contributed by atoms with E-state index in [1.807, 2.05) is 0 Å². The molecule has 0 radical (unpaired) electrons. The third kappa shape index (κ3) is 5.41. The van der Waals surface area contributed by atoms with Crippen molar-refractivity contribution >= 4 is 11.8 Å². The summed E-state index contributed by atoms with van der Waals surface area (Å²) in [4.78, 5) is 27.5. The SMILES string of the molecule is O=C(C#Cc1ccccc1C(F)(F)F)N1CCN(C(=O)c2ccc(C(F)(F)F)cc2)CC1. The predicted molar refractivity (Wildman–Crippen MR) is 102 cm³/mol. The minimum Gasteiger partial charge on any atom is -0.335 e. The Hall–Kier alpha value is -3.48. The van der Waals surface area contributed by atoms with Crippen LogP contribution in [0.1, 0.15) is 27.0 Å². The van der Waals surface area contributed by atoms with Gasteiger partial charge in [0.15, 0.2) is 0 Å². The molecule has 0 aliphatic carbocycles. The van der Waals surface area contributed by atoms with Gasteiger partial charge in [0.1, 0.15) is 0 Å². The monoisotopic (exact) mass is 454 g/mol. The normalized spacial score (nSPS) is 14.6. The van der Waals surface area contributed by atoms with E-state index in [4.69, 9.17) is 0 Å². The Labute approximate surface area is 179 Å². The Morgan fingerprint density at radius 1 is 0.750 bits per heavy atom. The van der Waals surface area contributed by atoms with Crippen LogP contribution in [0.25, 0.3) is 0 Å². The molecule has 1 fully saturated rings. The number of alkyl halides is 6. The van der Waals surface area contributed by atoms with Crippen molar-refractivity contribution in [1.82, 2.24) is 9.80 Å². The number of halogens is 6. The van der Waals surface area contributed by atoms with Crippen LogP contribution < -0.4 is 0 Å². The maximum Gasteiger partial charge on any atom is 0.417 e. The standard InChI is InChI=1S/C22H16F6N2O2/c23-21(24,25)17-8-5-16(6-9-17)20(32)30-13-11-29(12-14-30)19(31)10-7-15-3-1-2-4-18(15)22(26,27)28/h1-6,8-9H,11-14H2. The molecule has 0 aromatic heterocycles. The Bertz CT molecular complexity index is 1060. The van der Waals surface area contributed by atoms with Gasteiger partial charge in [-0.25, -0.2) is 0 Å². The van der Waals surface area contributed by atoms with Gasteiger partial charge in [0, 0.05) is 43.2 Å². The van der Waals surface area contributed by atoms with Crippen molar-refractivity contribution in [2.45, 2.75) is 12.4 Å². The van der Waals surface area contributed by atoms with Crippen LogP contribution in [0.3, 0.4) is 0 Å². The third-order valence-electron chi connectivity index (χ3n) is 4.85. The van der Waals surface area contributed by atoms with Crippen molar-refractivity contribution in [3.63, 3.8) is 0 Å². The molecule has 0 bridgehead atoms. The van der Waals surface area contributed by atoms with Crippen molar-refractivity contribution in [2.75, 3.05) is 26.2 Å². The lowest BCUT2D eigenvalue weighted by atomic mass is 10.1. The summed E-state index contributed by atoms with van der Waals surface area (Å²) in [7, 11) is 0. The van der Waals surface area contributed by atoms with E-state index >= 15 is 0 Å². The smallest absolute Gasteiger partial charge is 0.335 e. The largest absolute Gasteiger partial charge is 0.417 e. The molecule has 168 valence electrons. The molecule has 4 nitrogen and oxygen atoms in total. The van der Waals surface area contributed by atoms with Crippen molar-refractivity contribution in [3.05, 3.63) is 70.8 Å². The van der Waals surface area contributed by atoms with Crippen molar-refractivity contribution in [2.24, 2.45) is 0 Å². The summed E-state index contributed by atoms with van der Waals surface area (Å²) in [5, 5.41) is 0. The number of benzene rings is 2. The van der Waals surface area contributed by atoms with Gasteiger partial charge in [-0.05, 0) is 36.4 Å². The number of carbonyl (C=O) groups is 2. The zero-order valence-electron chi connectivity index (χ0n) is 16.4. The average Bonchev–Trinajstić information content (AvgIpc) is 2.76. The Kier molecular flexibility index (Phi) is 6.48. The molecule has 2 amide bonds. The molecule has 0 saturated carbocycles. The summed E-state index contributed by atoms with van der Waals surface area (Å²) in [6.45, 7) is 0.431. The van der Waals surface area contributed by atoms with Crippen LogP contribution in [0, 0.1) is 11.8 Å². The van der Waals surface area contributed by atoms with Gasteiger partial charge in [-0.3, -0.25) is 9.59 Å². The first-order valence-corrected chi connectivity index (χ1v) is 9.40. The van der Waals surface area contributed by atoms with Gasteiger partial charge >= 0.3 is 12.4 Å². The van der Waals surface area contributed by atoms with Gasteiger partial charge in [-0.1, -0.05) is 18.1 Å². The number of nitrogens with zero attached hydrogens (tertiary/aromatic N) is 2. The summed E-state index contributed by atoms with van der Waals surface area (Å²) >= 11 is 0. The number of hydrogen-bond acceptors (Lipinski definition) is 2. The highest BCUT2D eigenvalue weighted by atomic mass is 19.4. The molecule has 1 heterocycles. The first-order valence-electron chi connectivity index (χ1n) is 9.40. The number of hydrogen-bond donors (Lipinski definition) is 0. The fourth-order valence-electron chi connectivity index (χ4n) is 3.14. The van der Waals surface area contributed by atoms with Crippen molar-refractivity contribution in [3.8, 4) is 11.8 Å². The lowest BCUT2D eigenvalue weighted by Gasteiger charge is -2.33. The Morgan fingerprint density at radius 3 is 1.88 bits per heavy atom. The van der Waals surface area contributed by atoms with E-state index < -0.39 is 35.3 Å². The van der Waals surface area contributed by atoms with Crippen LogP contribution in [0.15, 0.2) is 48.5 Å². The molecule has 0 unspecified atom stereocenters. The van der Waals surface area contributed by atoms with E-state index in [9.17, 15) is 35.9 Å². The summed E-state index contributed by atoms with van der Waals surface area (Å²) in [5.41, 5.74) is -2.03. The van der Waals surface area contributed by atoms with Gasteiger partial charge in [-0.2, -0.15) is 26.3 Å². The predicted octanol–water partition coefficient (Wildman–Crippen LogP) is 4.06. The fraction of sp³-hybridized carbons (Fsp3) is 0.273. The summed E-state index contributed by atoms with van der Waals surface area (Å²) < 4.78 is 77.0. The molecule has 2 aromatic carbocycles. The minimum atomic E-state index is -4.60. The second-order valence-electron chi connectivity index (χ2n) is 6.95. The van der Waals surface area contributed by atoms with E-state index in [-0.39, 0.29) is 37.3 Å². The van der Waals surface area contributed by atoms with E-state index in [1.165, 1.54) is 28.0 Å². The second kappa shape index (κ2) is 8.94. The molecule has 0 N–H and O–H groups in total. The maximum atomic E-state index is 13.0. The summed E-state index contributed by atoms with van der Waals surface area (Å²) in [5.74, 6) is 3.31. The number of amides is 2. The minimum absolute atomic E-state index is 0.0846. The fourth-order valence-corrected chi connectivity index (χ4v) is 3.14. The topological polar surface area (TPSA) is 40.6 Å². The molecule has 3 rings (SSSR count). The van der Waals surface area contributed by atoms with Crippen LogP contribution in [-0.2, 0) is 17.1 Å². The molecular weight excluding hydrogens is 438 g/mol. The highest BCUT2D eigenvalue weighted by Gasteiger charge is 2.33. The number of carbonyl (C=O) groups excluding carboxylic acids is 2. The van der Waals surface area contributed by atoms with Crippen LogP contribution in [0.4, 0.5) is 26.3 Å². The highest BCUT2D eigenvalue weighted by Crippen LogP contribution is 2.31. The van der Waals surface area contributed by atoms with Gasteiger partial charge < -0.3 is 9.80 Å². The number of rotatable bonds is 1. The molecule has 0 spiro atoms. The van der Waals surface area contributed by atoms with Crippen LogP contribution in [0.2, 0.25) is 0 Å². The Balaban J connectivity index is 1.61. The molecule has 1 saturated heterocycles. The zero-order chi connectivity index (χ0) is 23.5. The lowest BCUT2D eigenvalue weighted by Crippen LogP contribution is -2.50. The van der Waals surface area contributed by atoms with Crippen LogP contribution in [0.5, 0.6) is 0 Å². The average molecular weight is 454 g/mol. The maximum absolute atomic E-state index is 13.0. The second-order valence-corrected chi connectivity index (χ2v) is 6.95. The molecule has 1 aliphatic heterocycles. The number of piperazine rings is 1. The summed E-state index contributed by atoms with van der Waals surface area (Å²) in [6, 6.07) is 8.48. The van der Waals surface area contributed by atoms with Crippen molar-refractivity contribution in [1.29, 1.82) is 0 Å². The summed E-state index contributed by atoms with van der Waals surface area (Å²) in [6.07, 6.45) is -9.10. The molecule has 10 heteroatoms. The van der Waals surface area contributed by atoms with E-state index in [1.54, 1.807) is 0 Å². The van der Waals surface area contributed by atoms with Crippen molar-refractivity contribution < 1.29 is 35.9 Å². The van der Waals surface area contributed by atoms with E-state index in [0.29, 0.717) is 0 Å². The first-order chi connectivity index (χ1) is 15.0. The Morgan fingerprint density at radius 2 is 1.31 bits per heavy atom. The third-order valence-corrected chi connectivity index (χ3v) is 4.85. The highest BCUT2D eigenvalue weighted by molar-refractivity contribution is 5.96. The van der Waals surface area contributed by atoms with Gasteiger partial charge in [0.25, 0.3) is 11.8 Å². The van der Waals surface area contributed by atoms with Gasteiger partial charge in [0.2, 0.25) is 0 Å². The molecule has 1 aliphatic rings. The molecule has 0 atom stereocenters. The van der Waals surface area contributed by atoms with Crippen LogP contribution >= 0.6 is 0 Å². The van der Waals surface area contributed by atoms with Gasteiger partial charge in [-0.15, -0.1) is 0 Å².